The Bertz CT molecular complexity index is 541. The summed E-state index contributed by atoms with van der Waals surface area (Å²) in [7, 11) is 1.57. The average Bonchev–Trinajstić information content (AvgIpc) is 3.05. The van der Waals surface area contributed by atoms with Crippen LogP contribution in [0.1, 0.15) is 5.89 Å². The van der Waals surface area contributed by atoms with Crippen molar-refractivity contribution >= 4 is 17.3 Å². The maximum atomic E-state index is 10.8. The fourth-order valence-corrected chi connectivity index (χ4v) is 2.29. The van der Waals surface area contributed by atoms with Crippen LogP contribution < -0.4 is 0 Å². The summed E-state index contributed by atoms with van der Waals surface area (Å²) in [6.45, 7) is 1.12. The zero-order chi connectivity index (χ0) is 14.4. The van der Waals surface area contributed by atoms with E-state index in [2.05, 4.69) is 10.1 Å². The summed E-state index contributed by atoms with van der Waals surface area (Å²) in [5.74, 6) is 0.0156. The Hall–Kier alpha value is -1.77. The lowest BCUT2D eigenvalue weighted by molar-refractivity contribution is -0.138. The Labute approximate surface area is 119 Å². The second kappa shape index (κ2) is 7.13. The van der Waals surface area contributed by atoms with Gasteiger partial charge in [0.15, 0.2) is 0 Å². The van der Waals surface area contributed by atoms with Crippen LogP contribution in [0.4, 0.5) is 0 Å². The van der Waals surface area contributed by atoms with Gasteiger partial charge in [0.25, 0.3) is 0 Å². The minimum atomic E-state index is -0.904. The molecule has 0 saturated heterocycles. The molecule has 0 atom stereocenters. The third kappa shape index (κ3) is 4.12. The molecule has 0 aromatic carbocycles. The SMILES string of the molecule is COCCN(CC(=O)O)Cc1nc(-c2cccs2)no1. The molecule has 0 amide bonds. The van der Waals surface area contributed by atoms with E-state index in [1.807, 2.05) is 17.5 Å². The number of ether oxygens (including phenoxy) is 1. The highest BCUT2D eigenvalue weighted by Gasteiger charge is 2.15. The van der Waals surface area contributed by atoms with Crippen molar-refractivity contribution in [1.29, 1.82) is 0 Å². The normalized spacial score (nSPS) is 11.1. The van der Waals surface area contributed by atoms with E-state index < -0.39 is 5.97 Å². The van der Waals surface area contributed by atoms with Gasteiger partial charge in [-0.15, -0.1) is 11.3 Å². The van der Waals surface area contributed by atoms with Crippen molar-refractivity contribution in [2.45, 2.75) is 6.54 Å². The molecule has 2 aromatic rings. The molecule has 2 heterocycles. The van der Waals surface area contributed by atoms with Crippen molar-refractivity contribution in [2.75, 3.05) is 26.8 Å². The highest BCUT2D eigenvalue weighted by atomic mass is 32.1. The van der Waals surface area contributed by atoms with E-state index in [0.717, 1.165) is 4.88 Å². The molecule has 7 nitrogen and oxygen atoms in total. The molecule has 20 heavy (non-hydrogen) atoms. The maximum Gasteiger partial charge on any atom is 0.317 e. The van der Waals surface area contributed by atoms with E-state index in [-0.39, 0.29) is 13.1 Å². The summed E-state index contributed by atoms with van der Waals surface area (Å²) in [5.41, 5.74) is 0. The van der Waals surface area contributed by atoms with Crippen molar-refractivity contribution in [1.82, 2.24) is 15.0 Å². The Kier molecular flexibility index (Phi) is 5.22. The fraction of sp³-hybridized carbons (Fsp3) is 0.417. The van der Waals surface area contributed by atoms with Crippen molar-refractivity contribution in [3.05, 3.63) is 23.4 Å². The Morgan fingerprint density at radius 3 is 3.10 bits per heavy atom. The molecule has 0 fully saturated rings. The van der Waals surface area contributed by atoms with E-state index in [9.17, 15) is 4.79 Å². The number of nitrogens with zero attached hydrogens (tertiary/aromatic N) is 3. The molecule has 1 N–H and O–H groups in total. The molecule has 108 valence electrons. The van der Waals surface area contributed by atoms with Gasteiger partial charge < -0.3 is 14.4 Å². The third-order valence-corrected chi connectivity index (χ3v) is 3.40. The predicted molar refractivity (Wildman–Crippen MR) is 72.4 cm³/mol. The van der Waals surface area contributed by atoms with Gasteiger partial charge in [0.2, 0.25) is 11.7 Å². The van der Waals surface area contributed by atoms with Gasteiger partial charge in [-0.2, -0.15) is 4.98 Å². The van der Waals surface area contributed by atoms with Crippen LogP contribution in [0.2, 0.25) is 0 Å². The van der Waals surface area contributed by atoms with Crippen LogP contribution >= 0.6 is 11.3 Å². The molecule has 0 aliphatic carbocycles. The van der Waals surface area contributed by atoms with Crippen LogP contribution in [0.15, 0.2) is 22.0 Å². The van der Waals surface area contributed by atoms with Gasteiger partial charge in [0.1, 0.15) is 0 Å². The monoisotopic (exact) mass is 297 g/mol. The molecule has 8 heteroatoms. The summed E-state index contributed by atoms with van der Waals surface area (Å²) in [4.78, 5) is 17.7. The summed E-state index contributed by atoms with van der Waals surface area (Å²) in [6.07, 6.45) is 0. The highest BCUT2D eigenvalue weighted by molar-refractivity contribution is 7.13. The van der Waals surface area contributed by atoms with Gasteiger partial charge in [-0.05, 0) is 11.4 Å². The van der Waals surface area contributed by atoms with Crippen LogP contribution in [-0.2, 0) is 16.1 Å². The number of carbonyl (C=O) groups is 1. The summed E-state index contributed by atoms with van der Waals surface area (Å²) < 4.78 is 10.1. The molecule has 0 radical (unpaired) electrons. The first-order chi connectivity index (χ1) is 9.69. The smallest absolute Gasteiger partial charge is 0.317 e. The molecule has 0 aliphatic rings. The number of aliphatic carboxylic acids is 1. The minimum absolute atomic E-state index is 0.0971. The van der Waals surface area contributed by atoms with Crippen LogP contribution in [0, 0.1) is 0 Å². The van der Waals surface area contributed by atoms with Gasteiger partial charge in [-0.1, -0.05) is 11.2 Å². The highest BCUT2D eigenvalue weighted by Crippen LogP contribution is 2.21. The molecule has 2 aromatic heterocycles. The Morgan fingerprint density at radius 1 is 1.60 bits per heavy atom. The molecule has 2 rings (SSSR count). The van der Waals surface area contributed by atoms with Crippen LogP contribution in [-0.4, -0.2) is 52.9 Å². The van der Waals surface area contributed by atoms with Crippen LogP contribution in [0.3, 0.4) is 0 Å². The lowest BCUT2D eigenvalue weighted by Gasteiger charge is -2.17. The van der Waals surface area contributed by atoms with Crippen molar-refractivity contribution in [2.24, 2.45) is 0 Å². The van der Waals surface area contributed by atoms with Gasteiger partial charge in [-0.3, -0.25) is 9.69 Å². The van der Waals surface area contributed by atoms with Crippen LogP contribution in [0.25, 0.3) is 10.7 Å². The minimum Gasteiger partial charge on any atom is -0.480 e. The average molecular weight is 297 g/mol. The van der Waals surface area contributed by atoms with Crippen LogP contribution in [0.5, 0.6) is 0 Å². The van der Waals surface area contributed by atoms with E-state index in [4.69, 9.17) is 14.4 Å². The quantitative estimate of drug-likeness (QED) is 0.786. The predicted octanol–water partition coefficient (Wildman–Crippen LogP) is 1.33. The van der Waals surface area contributed by atoms with E-state index in [0.29, 0.717) is 24.9 Å². The summed E-state index contributed by atoms with van der Waals surface area (Å²) >= 11 is 1.52. The van der Waals surface area contributed by atoms with Gasteiger partial charge >= 0.3 is 5.97 Å². The number of carboxylic acids is 1. The Balaban J connectivity index is 2.00. The van der Waals surface area contributed by atoms with Gasteiger partial charge in [-0.25, -0.2) is 0 Å². The third-order valence-electron chi connectivity index (χ3n) is 2.54. The van der Waals surface area contributed by atoms with E-state index in [1.54, 1.807) is 12.0 Å². The number of hydrogen-bond donors (Lipinski definition) is 1. The molecule has 0 aliphatic heterocycles. The zero-order valence-corrected chi connectivity index (χ0v) is 11.8. The first-order valence-electron chi connectivity index (χ1n) is 5.98. The number of aromatic nitrogens is 2. The summed E-state index contributed by atoms with van der Waals surface area (Å²) in [6, 6.07) is 3.81. The molecular weight excluding hydrogens is 282 g/mol. The first kappa shape index (κ1) is 14.6. The number of methoxy groups -OCH3 is 1. The van der Waals surface area contributed by atoms with Crippen molar-refractivity contribution < 1.29 is 19.2 Å². The second-order valence-electron chi connectivity index (χ2n) is 4.09. The molecule has 0 unspecified atom stereocenters. The first-order valence-corrected chi connectivity index (χ1v) is 6.86. The second-order valence-corrected chi connectivity index (χ2v) is 5.03. The lowest BCUT2D eigenvalue weighted by atomic mass is 10.4. The van der Waals surface area contributed by atoms with Crippen molar-refractivity contribution in [3.63, 3.8) is 0 Å². The molecule has 0 saturated carbocycles. The fourth-order valence-electron chi connectivity index (χ4n) is 1.64. The van der Waals surface area contributed by atoms with Crippen molar-refractivity contribution in [3.8, 4) is 10.7 Å². The van der Waals surface area contributed by atoms with E-state index >= 15 is 0 Å². The lowest BCUT2D eigenvalue weighted by Crippen LogP contribution is -2.32. The number of thiophene rings is 1. The van der Waals surface area contributed by atoms with Gasteiger partial charge in [0.05, 0.1) is 24.6 Å². The number of rotatable bonds is 8. The number of carboxylic acid groups (broad SMARTS) is 1. The van der Waals surface area contributed by atoms with Gasteiger partial charge in [0, 0.05) is 13.7 Å². The molecule has 0 spiro atoms. The largest absolute Gasteiger partial charge is 0.480 e. The molecule has 0 bridgehead atoms. The van der Waals surface area contributed by atoms with E-state index in [1.165, 1.54) is 11.3 Å². The molecular formula is C12H15N3O4S. The maximum absolute atomic E-state index is 10.8. The summed E-state index contributed by atoms with van der Waals surface area (Å²) in [5, 5.41) is 14.7. The Morgan fingerprint density at radius 2 is 2.45 bits per heavy atom. The zero-order valence-electron chi connectivity index (χ0n) is 11.0. The standard InChI is InChI=1S/C12H15N3O4S/c1-18-5-4-15(8-11(16)17)7-10-13-12(14-19-10)9-3-2-6-20-9/h2-3,6H,4-5,7-8H2,1H3,(H,16,17). The number of hydrogen-bond acceptors (Lipinski definition) is 7. The topological polar surface area (TPSA) is 88.7 Å².